The Bertz CT molecular complexity index is 522. The number of hydrogen-bond donors (Lipinski definition) is 2. The molecule has 0 saturated carbocycles. The first-order chi connectivity index (χ1) is 12.1. The van der Waals surface area contributed by atoms with Crippen molar-refractivity contribution in [3.63, 3.8) is 0 Å². The first-order valence-electron chi connectivity index (χ1n) is 9.56. The zero-order valence-corrected chi connectivity index (χ0v) is 19.1. The van der Waals surface area contributed by atoms with E-state index in [0.717, 1.165) is 51.5 Å². The van der Waals surface area contributed by atoms with Gasteiger partial charge in [0, 0.05) is 38.3 Å². The summed E-state index contributed by atoms with van der Waals surface area (Å²) >= 11 is 0. The molecule has 1 aromatic rings. The van der Waals surface area contributed by atoms with Gasteiger partial charge in [0.05, 0.1) is 6.54 Å². The summed E-state index contributed by atoms with van der Waals surface area (Å²) in [6, 6.07) is 11.6. The number of hydrogen-bond acceptors (Lipinski definition) is 3. The molecule has 2 atom stereocenters. The fourth-order valence-corrected chi connectivity index (χ4v) is 3.15. The molecule has 6 heteroatoms. The Balaban J connectivity index is 0.00000338. The number of aliphatic imine (C=N–C) groups is 1. The molecule has 1 aliphatic heterocycles. The van der Waals surface area contributed by atoms with Crippen molar-refractivity contribution in [3.8, 4) is 0 Å². The smallest absolute Gasteiger partial charge is 0.191 e. The summed E-state index contributed by atoms with van der Waals surface area (Å²) in [4.78, 5) is 9.66. The van der Waals surface area contributed by atoms with Gasteiger partial charge < -0.3 is 15.5 Å². The fraction of sp³-hybridized carbons (Fsp3) is 0.650. The standard InChI is InChI=1S/C20H35N5.HI/c1-5-21-20(22-15-19-16-24(3)13-14-25(19)4)23-17(2)11-12-18-9-7-6-8-10-18;/h6-10,17,19H,5,11-16H2,1-4H3,(H2,21,22,23);1H. The molecule has 0 spiro atoms. The maximum Gasteiger partial charge on any atom is 0.191 e. The molecule has 2 N–H and O–H groups in total. The van der Waals surface area contributed by atoms with Gasteiger partial charge in [-0.25, -0.2) is 0 Å². The van der Waals surface area contributed by atoms with Gasteiger partial charge in [-0.15, -0.1) is 24.0 Å². The van der Waals surface area contributed by atoms with Crippen molar-refractivity contribution in [2.75, 3.05) is 46.8 Å². The van der Waals surface area contributed by atoms with Gasteiger partial charge in [-0.3, -0.25) is 9.89 Å². The third-order valence-corrected chi connectivity index (χ3v) is 4.88. The normalized spacial score (nSPS) is 20.3. The second kappa shape index (κ2) is 12.5. The summed E-state index contributed by atoms with van der Waals surface area (Å²) in [7, 11) is 4.40. The van der Waals surface area contributed by atoms with Crippen molar-refractivity contribution in [2.45, 2.75) is 38.8 Å². The highest BCUT2D eigenvalue weighted by molar-refractivity contribution is 14.0. The average molecular weight is 473 g/mol. The maximum atomic E-state index is 4.84. The second-order valence-electron chi connectivity index (χ2n) is 7.19. The third-order valence-electron chi connectivity index (χ3n) is 4.88. The Kier molecular flexibility index (Phi) is 11.2. The van der Waals surface area contributed by atoms with Gasteiger partial charge in [-0.1, -0.05) is 30.3 Å². The van der Waals surface area contributed by atoms with E-state index in [0.29, 0.717) is 12.1 Å². The Morgan fingerprint density at radius 3 is 2.65 bits per heavy atom. The highest BCUT2D eigenvalue weighted by Crippen LogP contribution is 2.07. The molecule has 0 radical (unpaired) electrons. The SMILES string of the molecule is CCNC(=NCC1CN(C)CCN1C)NC(C)CCc1ccccc1.I. The summed E-state index contributed by atoms with van der Waals surface area (Å²) in [5.74, 6) is 0.935. The van der Waals surface area contributed by atoms with Crippen molar-refractivity contribution < 1.29 is 0 Å². The second-order valence-corrected chi connectivity index (χ2v) is 7.19. The lowest BCUT2D eigenvalue weighted by Crippen LogP contribution is -2.52. The van der Waals surface area contributed by atoms with Crippen LogP contribution in [0.15, 0.2) is 35.3 Å². The van der Waals surface area contributed by atoms with Gasteiger partial charge in [0.1, 0.15) is 0 Å². The largest absolute Gasteiger partial charge is 0.357 e. The molecule has 0 bridgehead atoms. The molecule has 0 aromatic heterocycles. The van der Waals surface area contributed by atoms with Crippen molar-refractivity contribution in [2.24, 2.45) is 4.99 Å². The van der Waals surface area contributed by atoms with Gasteiger partial charge in [0.15, 0.2) is 5.96 Å². The molecule has 1 heterocycles. The van der Waals surface area contributed by atoms with Gasteiger partial charge in [-0.2, -0.15) is 0 Å². The Hall–Kier alpha value is -0.860. The summed E-state index contributed by atoms with van der Waals surface area (Å²) < 4.78 is 0. The zero-order chi connectivity index (χ0) is 18.1. The molecule has 0 aliphatic carbocycles. The number of nitrogens with one attached hydrogen (secondary N) is 2. The van der Waals surface area contributed by atoms with Crippen LogP contribution in [-0.4, -0.2) is 74.7 Å². The van der Waals surface area contributed by atoms with E-state index in [-0.39, 0.29) is 24.0 Å². The summed E-state index contributed by atoms with van der Waals surface area (Å²) in [5, 5.41) is 6.94. The van der Waals surface area contributed by atoms with Crippen molar-refractivity contribution in [1.29, 1.82) is 0 Å². The van der Waals surface area contributed by atoms with E-state index < -0.39 is 0 Å². The van der Waals surface area contributed by atoms with Crippen LogP contribution in [0.25, 0.3) is 0 Å². The lowest BCUT2D eigenvalue weighted by Gasteiger charge is -2.37. The van der Waals surface area contributed by atoms with Crippen LogP contribution < -0.4 is 10.6 Å². The number of likely N-dealkylation sites (N-methyl/N-ethyl adjacent to an activating group) is 2. The Morgan fingerprint density at radius 2 is 1.96 bits per heavy atom. The van der Waals surface area contributed by atoms with Crippen LogP contribution in [0.4, 0.5) is 0 Å². The van der Waals surface area contributed by atoms with Crippen LogP contribution in [0.1, 0.15) is 25.8 Å². The van der Waals surface area contributed by atoms with Crippen LogP contribution >= 0.6 is 24.0 Å². The van der Waals surface area contributed by atoms with E-state index in [2.05, 4.69) is 78.7 Å². The number of piperazine rings is 1. The minimum absolute atomic E-state index is 0. The molecular weight excluding hydrogens is 437 g/mol. The van der Waals surface area contributed by atoms with Gasteiger partial charge in [0.25, 0.3) is 0 Å². The molecular formula is C20H36IN5. The molecule has 1 fully saturated rings. The van der Waals surface area contributed by atoms with E-state index in [4.69, 9.17) is 4.99 Å². The maximum absolute atomic E-state index is 4.84. The predicted molar refractivity (Wildman–Crippen MR) is 123 cm³/mol. The van der Waals surface area contributed by atoms with Crippen molar-refractivity contribution >= 4 is 29.9 Å². The summed E-state index contributed by atoms with van der Waals surface area (Å²) in [6.07, 6.45) is 2.19. The van der Waals surface area contributed by atoms with Gasteiger partial charge >= 0.3 is 0 Å². The molecule has 5 nitrogen and oxygen atoms in total. The van der Waals surface area contributed by atoms with Crippen molar-refractivity contribution in [1.82, 2.24) is 20.4 Å². The number of benzene rings is 1. The van der Waals surface area contributed by atoms with E-state index in [1.807, 2.05) is 0 Å². The lowest BCUT2D eigenvalue weighted by atomic mass is 10.1. The lowest BCUT2D eigenvalue weighted by molar-refractivity contribution is 0.119. The zero-order valence-electron chi connectivity index (χ0n) is 16.7. The first kappa shape index (κ1) is 23.2. The van der Waals surface area contributed by atoms with E-state index in [1.54, 1.807) is 0 Å². The van der Waals surface area contributed by atoms with Crippen molar-refractivity contribution in [3.05, 3.63) is 35.9 Å². The molecule has 26 heavy (non-hydrogen) atoms. The molecule has 2 rings (SSSR count). The van der Waals surface area contributed by atoms with Crippen LogP contribution in [0.3, 0.4) is 0 Å². The van der Waals surface area contributed by atoms with Crippen LogP contribution in [0.2, 0.25) is 0 Å². The van der Waals surface area contributed by atoms with Gasteiger partial charge in [0.2, 0.25) is 0 Å². The first-order valence-corrected chi connectivity index (χ1v) is 9.56. The topological polar surface area (TPSA) is 42.9 Å². The summed E-state index contributed by atoms with van der Waals surface area (Å²) in [6.45, 7) is 9.42. The molecule has 2 unspecified atom stereocenters. The van der Waals surface area contributed by atoms with E-state index >= 15 is 0 Å². The van der Waals surface area contributed by atoms with Crippen LogP contribution in [0.5, 0.6) is 0 Å². The number of nitrogens with zero attached hydrogens (tertiary/aromatic N) is 3. The fourth-order valence-electron chi connectivity index (χ4n) is 3.15. The highest BCUT2D eigenvalue weighted by atomic mass is 127. The Labute approximate surface area is 176 Å². The summed E-state index contributed by atoms with van der Waals surface area (Å²) in [5.41, 5.74) is 1.39. The number of aryl methyl sites for hydroxylation is 1. The van der Waals surface area contributed by atoms with E-state index in [9.17, 15) is 0 Å². The number of guanidine groups is 1. The molecule has 1 saturated heterocycles. The predicted octanol–water partition coefficient (Wildman–Crippen LogP) is 2.43. The third kappa shape index (κ3) is 8.22. The average Bonchev–Trinajstić information content (AvgIpc) is 2.61. The molecule has 1 aliphatic rings. The molecule has 148 valence electrons. The van der Waals surface area contributed by atoms with Gasteiger partial charge in [-0.05, 0) is 46.3 Å². The molecule has 1 aromatic carbocycles. The van der Waals surface area contributed by atoms with E-state index in [1.165, 1.54) is 5.56 Å². The quantitative estimate of drug-likeness (QED) is 0.363. The number of rotatable bonds is 7. The monoisotopic (exact) mass is 473 g/mol. The minimum Gasteiger partial charge on any atom is -0.357 e. The highest BCUT2D eigenvalue weighted by Gasteiger charge is 2.21. The number of halogens is 1. The van der Waals surface area contributed by atoms with Crippen LogP contribution in [-0.2, 0) is 6.42 Å². The Morgan fingerprint density at radius 1 is 1.23 bits per heavy atom. The van der Waals surface area contributed by atoms with Crippen LogP contribution in [0, 0.1) is 0 Å². The molecule has 0 amide bonds. The minimum atomic E-state index is 0.